The third-order valence-corrected chi connectivity index (χ3v) is 1.78. The predicted molar refractivity (Wildman–Crippen MR) is 50.1 cm³/mol. The minimum atomic E-state index is -0.353. The molecule has 1 aromatic heterocycles. The number of nitrogens with zero attached hydrogens (tertiary/aromatic N) is 2. The van der Waals surface area contributed by atoms with Gasteiger partial charge in [0.25, 0.3) is 5.91 Å². The Morgan fingerprint density at radius 3 is 3.00 bits per heavy atom. The quantitative estimate of drug-likeness (QED) is 0.554. The first-order valence-corrected chi connectivity index (χ1v) is 3.98. The van der Waals surface area contributed by atoms with Crippen LogP contribution in [0, 0.1) is 0 Å². The molecular formula is C6H9N5OS. The summed E-state index contributed by atoms with van der Waals surface area (Å²) >= 11 is 4.69. The molecule has 0 aliphatic carbocycles. The fourth-order valence-corrected chi connectivity index (χ4v) is 0.712. The van der Waals surface area contributed by atoms with E-state index in [4.69, 9.17) is 5.73 Å². The van der Waals surface area contributed by atoms with E-state index in [2.05, 4.69) is 32.9 Å². The molecule has 1 rings (SSSR count). The second-order valence-electron chi connectivity index (χ2n) is 2.45. The number of rotatable bonds is 3. The minimum absolute atomic E-state index is 0.211. The summed E-state index contributed by atoms with van der Waals surface area (Å²) < 4.78 is 0. The van der Waals surface area contributed by atoms with Crippen molar-refractivity contribution < 1.29 is 4.79 Å². The van der Waals surface area contributed by atoms with Crippen molar-refractivity contribution in [1.29, 1.82) is 0 Å². The number of aromatic nitrogens is 3. The molecule has 0 aliphatic rings. The van der Waals surface area contributed by atoms with Gasteiger partial charge in [-0.15, -0.1) is 0 Å². The number of nitrogens with one attached hydrogen (secondary N) is 2. The molecule has 0 aromatic carbocycles. The van der Waals surface area contributed by atoms with Gasteiger partial charge in [-0.25, -0.2) is 0 Å². The topological polar surface area (TPSA) is 96.7 Å². The van der Waals surface area contributed by atoms with Gasteiger partial charge in [0.1, 0.15) is 0 Å². The molecule has 0 fully saturated rings. The normalized spacial score (nSPS) is 12.1. The van der Waals surface area contributed by atoms with E-state index in [1.54, 1.807) is 6.92 Å². The summed E-state index contributed by atoms with van der Waals surface area (Å²) in [5.74, 6) is -0.353. The van der Waals surface area contributed by atoms with Crippen LogP contribution in [0.2, 0.25) is 0 Å². The van der Waals surface area contributed by atoms with E-state index < -0.39 is 0 Å². The van der Waals surface area contributed by atoms with Gasteiger partial charge in [0, 0.05) is 0 Å². The molecule has 70 valence electrons. The van der Waals surface area contributed by atoms with Gasteiger partial charge in [-0.1, -0.05) is 12.2 Å². The molecule has 1 heterocycles. The Morgan fingerprint density at radius 2 is 2.54 bits per heavy atom. The van der Waals surface area contributed by atoms with Crippen LogP contribution in [0.5, 0.6) is 0 Å². The summed E-state index contributed by atoms with van der Waals surface area (Å²) in [6.07, 6.45) is 1.32. The van der Waals surface area contributed by atoms with E-state index in [0.717, 1.165) is 0 Å². The molecule has 13 heavy (non-hydrogen) atoms. The summed E-state index contributed by atoms with van der Waals surface area (Å²) in [5, 5.41) is 12.0. The van der Waals surface area contributed by atoms with Crippen molar-refractivity contribution in [3.05, 3.63) is 11.9 Å². The van der Waals surface area contributed by atoms with E-state index in [9.17, 15) is 4.79 Å². The summed E-state index contributed by atoms with van der Waals surface area (Å²) in [6, 6.07) is -0.348. The van der Waals surface area contributed by atoms with Gasteiger partial charge in [0.05, 0.1) is 17.2 Å². The molecular weight excluding hydrogens is 190 g/mol. The van der Waals surface area contributed by atoms with Crippen molar-refractivity contribution in [3.63, 3.8) is 0 Å². The minimum Gasteiger partial charge on any atom is -0.392 e. The second-order valence-corrected chi connectivity index (χ2v) is 2.92. The number of nitrogens with two attached hydrogens (primary N) is 1. The molecule has 1 aromatic rings. The van der Waals surface area contributed by atoms with Gasteiger partial charge in [0.15, 0.2) is 5.69 Å². The number of hydrogen-bond acceptors (Lipinski definition) is 4. The SMILES string of the molecule is CC(NC(=O)c1cn[nH]n1)C(N)=S. The Hall–Kier alpha value is -1.50. The molecule has 0 saturated heterocycles. The van der Waals surface area contributed by atoms with Gasteiger partial charge >= 0.3 is 0 Å². The van der Waals surface area contributed by atoms with Gasteiger partial charge < -0.3 is 11.1 Å². The van der Waals surface area contributed by atoms with E-state index in [-0.39, 0.29) is 22.6 Å². The smallest absolute Gasteiger partial charge is 0.274 e. The molecule has 7 heteroatoms. The number of carbonyl (C=O) groups is 1. The van der Waals surface area contributed by atoms with Gasteiger partial charge in [0.2, 0.25) is 0 Å². The zero-order valence-corrected chi connectivity index (χ0v) is 7.76. The Bertz CT molecular complexity index is 309. The van der Waals surface area contributed by atoms with Crippen molar-refractivity contribution in [1.82, 2.24) is 20.7 Å². The van der Waals surface area contributed by atoms with Gasteiger partial charge in [-0.2, -0.15) is 15.4 Å². The van der Waals surface area contributed by atoms with Crippen molar-refractivity contribution >= 4 is 23.1 Å². The summed E-state index contributed by atoms with van der Waals surface area (Å²) in [4.78, 5) is 11.5. The summed E-state index contributed by atoms with van der Waals surface area (Å²) in [6.45, 7) is 1.69. The monoisotopic (exact) mass is 199 g/mol. The van der Waals surface area contributed by atoms with E-state index in [1.807, 2.05) is 0 Å². The Morgan fingerprint density at radius 1 is 1.85 bits per heavy atom. The molecule has 0 bridgehead atoms. The lowest BCUT2D eigenvalue weighted by molar-refractivity contribution is 0.0944. The maximum atomic E-state index is 11.3. The third kappa shape index (κ3) is 2.48. The molecule has 0 radical (unpaired) electrons. The maximum Gasteiger partial charge on any atom is 0.274 e. The van der Waals surface area contributed by atoms with Crippen LogP contribution < -0.4 is 11.1 Å². The molecule has 6 nitrogen and oxygen atoms in total. The molecule has 1 unspecified atom stereocenters. The average molecular weight is 199 g/mol. The number of hydrogen-bond donors (Lipinski definition) is 3. The zero-order valence-electron chi connectivity index (χ0n) is 6.94. The molecule has 0 saturated carbocycles. The van der Waals surface area contributed by atoms with Gasteiger partial charge in [-0.05, 0) is 6.92 Å². The lowest BCUT2D eigenvalue weighted by Crippen LogP contribution is -2.41. The first-order chi connectivity index (χ1) is 6.11. The van der Waals surface area contributed by atoms with Crippen LogP contribution in [-0.4, -0.2) is 32.3 Å². The van der Waals surface area contributed by atoms with Crippen LogP contribution in [-0.2, 0) is 0 Å². The Labute approximate surface area is 79.9 Å². The molecule has 1 atom stereocenters. The first kappa shape index (κ1) is 9.59. The van der Waals surface area contributed by atoms with Crippen LogP contribution in [0.3, 0.4) is 0 Å². The summed E-state index contributed by atoms with van der Waals surface area (Å²) in [7, 11) is 0. The van der Waals surface area contributed by atoms with Crippen molar-refractivity contribution in [3.8, 4) is 0 Å². The highest BCUT2D eigenvalue weighted by Gasteiger charge is 2.12. The molecule has 4 N–H and O–H groups in total. The highest BCUT2D eigenvalue weighted by Crippen LogP contribution is 1.90. The fourth-order valence-electron chi connectivity index (χ4n) is 0.653. The third-order valence-electron chi connectivity index (χ3n) is 1.42. The zero-order chi connectivity index (χ0) is 9.84. The molecule has 0 aliphatic heterocycles. The largest absolute Gasteiger partial charge is 0.392 e. The Kier molecular flexibility index (Phi) is 2.91. The van der Waals surface area contributed by atoms with Gasteiger partial charge in [-0.3, -0.25) is 4.79 Å². The van der Waals surface area contributed by atoms with Crippen molar-refractivity contribution in [2.75, 3.05) is 0 Å². The lowest BCUT2D eigenvalue weighted by Gasteiger charge is -2.09. The fraction of sp³-hybridized carbons (Fsp3) is 0.333. The molecule has 0 spiro atoms. The lowest BCUT2D eigenvalue weighted by atomic mass is 10.3. The second kappa shape index (κ2) is 3.94. The number of carbonyl (C=O) groups excluding carboxylic acids is 1. The number of amides is 1. The van der Waals surface area contributed by atoms with Crippen LogP contribution in [0.15, 0.2) is 6.20 Å². The van der Waals surface area contributed by atoms with E-state index in [1.165, 1.54) is 6.20 Å². The predicted octanol–water partition coefficient (Wildman–Crippen LogP) is -0.791. The highest BCUT2D eigenvalue weighted by molar-refractivity contribution is 7.80. The number of aromatic amines is 1. The van der Waals surface area contributed by atoms with Crippen LogP contribution in [0.25, 0.3) is 0 Å². The van der Waals surface area contributed by atoms with Crippen LogP contribution in [0.1, 0.15) is 17.4 Å². The standard InChI is InChI=1S/C6H9N5OS/c1-3(5(7)13)9-6(12)4-2-8-11-10-4/h2-3H,1H3,(H2,7,13)(H,9,12)(H,8,10,11). The van der Waals surface area contributed by atoms with Crippen molar-refractivity contribution in [2.24, 2.45) is 5.73 Å². The highest BCUT2D eigenvalue weighted by atomic mass is 32.1. The first-order valence-electron chi connectivity index (χ1n) is 3.57. The average Bonchev–Trinajstić information content (AvgIpc) is 2.55. The maximum absolute atomic E-state index is 11.3. The van der Waals surface area contributed by atoms with Crippen LogP contribution in [0.4, 0.5) is 0 Å². The number of thiocarbonyl (C=S) groups is 1. The van der Waals surface area contributed by atoms with E-state index in [0.29, 0.717) is 0 Å². The van der Waals surface area contributed by atoms with Crippen LogP contribution >= 0.6 is 12.2 Å². The number of H-pyrrole nitrogens is 1. The Balaban J connectivity index is 2.56. The van der Waals surface area contributed by atoms with Crippen molar-refractivity contribution in [2.45, 2.75) is 13.0 Å². The van der Waals surface area contributed by atoms with E-state index >= 15 is 0 Å². The summed E-state index contributed by atoms with van der Waals surface area (Å²) in [5.41, 5.74) is 5.52. The molecule has 1 amide bonds.